The van der Waals surface area contributed by atoms with E-state index >= 15 is 0 Å². The molecule has 1 aromatic rings. The minimum absolute atomic E-state index is 0.510. The molecule has 1 N–H and O–H groups in total. The second kappa shape index (κ2) is 8.13. The molecule has 0 spiro atoms. The fourth-order valence-electron chi connectivity index (χ4n) is 2.91. The maximum atomic E-state index is 3.58. The zero-order valence-electron chi connectivity index (χ0n) is 12.6. The van der Waals surface area contributed by atoms with Gasteiger partial charge in [0.1, 0.15) is 0 Å². The van der Waals surface area contributed by atoms with Crippen molar-refractivity contribution in [2.24, 2.45) is 0 Å². The van der Waals surface area contributed by atoms with E-state index in [-0.39, 0.29) is 0 Å². The molecule has 0 aliphatic carbocycles. The zero-order chi connectivity index (χ0) is 14.4. The maximum absolute atomic E-state index is 3.58. The van der Waals surface area contributed by atoms with Crippen LogP contribution in [-0.4, -0.2) is 56.1 Å². The number of nitrogens with zero attached hydrogens (tertiary/aromatic N) is 2. The third-order valence-corrected chi connectivity index (χ3v) is 4.62. The van der Waals surface area contributed by atoms with E-state index in [4.69, 9.17) is 0 Å². The summed E-state index contributed by atoms with van der Waals surface area (Å²) in [5, 5.41) is 3.41. The lowest BCUT2D eigenvalue weighted by Gasteiger charge is -2.32. The van der Waals surface area contributed by atoms with Crippen LogP contribution in [0.15, 0.2) is 28.7 Å². The van der Waals surface area contributed by atoms with Crippen molar-refractivity contribution in [3.63, 3.8) is 0 Å². The minimum atomic E-state index is 0.510. The van der Waals surface area contributed by atoms with E-state index in [1.807, 2.05) is 0 Å². The van der Waals surface area contributed by atoms with Gasteiger partial charge < -0.3 is 5.32 Å². The molecule has 0 aromatic heterocycles. The number of nitrogens with one attached hydrogen (secondary N) is 1. The number of piperazine rings is 1. The van der Waals surface area contributed by atoms with Crippen molar-refractivity contribution >= 4 is 15.9 Å². The van der Waals surface area contributed by atoms with Gasteiger partial charge in [-0.2, -0.15) is 0 Å². The predicted octanol–water partition coefficient (Wildman–Crippen LogP) is 2.74. The summed E-state index contributed by atoms with van der Waals surface area (Å²) in [6.07, 6.45) is 1.15. The highest BCUT2D eigenvalue weighted by atomic mass is 79.9. The van der Waals surface area contributed by atoms with E-state index in [0.717, 1.165) is 26.1 Å². The Hall–Kier alpha value is -0.420. The van der Waals surface area contributed by atoms with Crippen molar-refractivity contribution in [1.82, 2.24) is 15.1 Å². The zero-order valence-corrected chi connectivity index (χ0v) is 14.2. The lowest BCUT2D eigenvalue weighted by atomic mass is 10.0. The van der Waals surface area contributed by atoms with Crippen LogP contribution >= 0.6 is 15.9 Å². The van der Waals surface area contributed by atoms with Crippen LogP contribution in [-0.2, 0) is 0 Å². The highest BCUT2D eigenvalue weighted by Crippen LogP contribution is 2.25. The highest BCUT2D eigenvalue weighted by molar-refractivity contribution is 9.10. The minimum Gasteiger partial charge on any atom is -0.314 e. The van der Waals surface area contributed by atoms with Crippen LogP contribution in [0.3, 0.4) is 0 Å². The quantitative estimate of drug-likeness (QED) is 0.859. The van der Waals surface area contributed by atoms with Crippen molar-refractivity contribution in [3.05, 3.63) is 34.3 Å². The van der Waals surface area contributed by atoms with Crippen molar-refractivity contribution in [2.75, 3.05) is 46.3 Å². The van der Waals surface area contributed by atoms with Gasteiger partial charge in [-0.25, -0.2) is 0 Å². The number of likely N-dealkylation sites (N-methyl/N-ethyl adjacent to an activating group) is 1. The molecule has 1 aromatic carbocycles. The van der Waals surface area contributed by atoms with Crippen LogP contribution in [0.25, 0.3) is 0 Å². The van der Waals surface area contributed by atoms with Crippen LogP contribution in [0.2, 0.25) is 0 Å². The number of hydrogen-bond acceptors (Lipinski definition) is 3. The van der Waals surface area contributed by atoms with Gasteiger partial charge in [-0.15, -0.1) is 0 Å². The molecule has 0 radical (unpaired) electrons. The summed E-state index contributed by atoms with van der Waals surface area (Å²) in [6.45, 7) is 9.20. The van der Waals surface area contributed by atoms with Crippen molar-refractivity contribution < 1.29 is 0 Å². The Labute approximate surface area is 131 Å². The van der Waals surface area contributed by atoms with Crippen LogP contribution in [0, 0.1) is 0 Å². The first-order chi connectivity index (χ1) is 9.70. The van der Waals surface area contributed by atoms with Crippen molar-refractivity contribution in [1.29, 1.82) is 0 Å². The monoisotopic (exact) mass is 339 g/mol. The summed E-state index contributed by atoms with van der Waals surface area (Å²) in [6, 6.07) is 9.22. The number of hydrogen-bond donors (Lipinski definition) is 1. The maximum Gasteiger partial charge on any atom is 0.0343 e. The van der Waals surface area contributed by atoms with Crippen LogP contribution in [0.5, 0.6) is 0 Å². The van der Waals surface area contributed by atoms with E-state index in [0.29, 0.717) is 6.04 Å². The van der Waals surface area contributed by atoms with Crippen LogP contribution in [0.1, 0.15) is 24.9 Å². The first-order valence-electron chi connectivity index (χ1n) is 7.59. The standard InChI is InChI=1S/C16H26BrN3/c1-3-16(14-5-4-6-15(17)13-14)19(2)11-12-20-9-7-18-8-10-20/h4-6,13,16,18H,3,7-12H2,1-2H3. The van der Waals surface area contributed by atoms with Gasteiger partial charge in [0.2, 0.25) is 0 Å². The molecule has 1 heterocycles. The second-order valence-electron chi connectivity index (χ2n) is 5.55. The topological polar surface area (TPSA) is 18.5 Å². The molecule has 1 aliphatic heterocycles. The van der Waals surface area contributed by atoms with Gasteiger partial charge in [0, 0.05) is 49.8 Å². The summed E-state index contributed by atoms with van der Waals surface area (Å²) in [4.78, 5) is 5.05. The summed E-state index contributed by atoms with van der Waals surface area (Å²) < 4.78 is 1.17. The molecule has 112 valence electrons. The van der Waals surface area contributed by atoms with Crippen LogP contribution < -0.4 is 5.32 Å². The summed E-state index contributed by atoms with van der Waals surface area (Å²) in [7, 11) is 2.25. The molecule has 1 atom stereocenters. The fraction of sp³-hybridized carbons (Fsp3) is 0.625. The first-order valence-corrected chi connectivity index (χ1v) is 8.38. The number of halogens is 1. The van der Waals surface area contributed by atoms with Gasteiger partial charge in [-0.1, -0.05) is 35.0 Å². The van der Waals surface area contributed by atoms with Gasteiger partial charge in [-0.3, -0.25) is 9.80 Å². The first kappa shape index (κ1) is 16.0. The van der Waals surface area contributed by atoms with E-state index in [1.54, 1.807) is 0 Å². The molecule has 0 bridgehead atoms. The van der Waals surface area contributed by atoms with Gasteiger partial charge in [-0.05, 0) is 31.2 Å². The van der Waals surface area contributed by atoms with Crippen LogP contribution in [0.4, 0.5) is 0 Å². The molecule has 1 unspecified atom stereocenters. The molecule has 1 saturated heterocycles. The molecule has 0 amide bonds. The summed E-state index contributed by atoms with van der Waals surface area (Å²) in [5.74, 6) is 0. The third kappa shape index (κ3) is 4.55. The third-order valence-electron chi connectivity index (χ3n) is 4.13. The molecule has 0 saturated carbocycles. The molecule has 1 aliphatic rings. The number of benzene rings is 1. The van der Waals surface area contributed by atoms with E-state index in [2.05, 4.69) is 69.3 Å². The summed E-state index contributed by atoms with van der Waals surface area (Å²) in [5.41, 5.74) is 1.41. The number of rotatable bonds is 6. The Bertz CT molecular complexity index is 404. The Balaban J connectivity index is 1.89. The largest absolute Gasteiger partial charge is 0.314 e. The van der Waals surface area contributed by atoms with Gasteiger partial charge in [0.25, 0.3) is 0 Å². The van der Waals surface area contributed by atoms with Crippen molar-refractivity contribution in [2.45, 2.75) is 19.4 Å². The molecule has 2 rings (SSSR count). The molecule has 3 nitrogen and oxygen atoms in total. The molecule has 20 heavy (non-hydrogen) atoms. The lowest BCUT2D eigenvalue weighted by Crippen LogP contribution is -2.46. The second-order valence-corrected chi connectivity index (χ2v) is 6.47. The average molecular weight is 340 g/mol. The lowest BCUT2D eigenvalue weighted by molar-refractivity contribution is 0.174. The Kier molecular flexibility index (Phi) is 6.49. The molecular weight excluding hydrogens is 314 g/mol. The normalized spacial score (nSPS) is 18.4. The van der Waals surface area contributed by atoms with Gasteiger partial charge >= 0.3 is 0 Å². The molecule has 4 heteroatoms. The Morgan fingerprint density at radius 2 is 2.10 bits per heavy atom. The van der Waals surface area contributed by atoms with Crippen molar-refractivity contribution in [3.8, 4) is 0 Å². The van der Waals surface area contributed by atoms with E-state index in [9.17, 15) is 0 Å². The fourth-order valence-corrected chi connectivity index (χ4v) is 3.32. The Morgan fingerprint density at radius 3 is 2.75 bits per heavy atom. The van der Waals surface area contributed by atoms with E-state index < -0.39 is 0 Å². The SMILES string of the molecule is CCC(c1cccc(Br)c1)N(C)CCN1CCNCC1. The molecule has 1 fully saturated rings. The average Bonchev–Trinajstić information content (AvgIpc) is 2.47. The Morgan fingerprint density at radius 1 is 1.35 bits per heavy atom. The van der Waals surface area contributed by atoms with Gasteiger partial charge in [0.05, 0.1) is 0 Å². The van der Waals surface area contributed by atoms with Gasteiger partial charge in [0.15, 0.2) is 0 Å². The summed E-state index contributed by atoms with van der Waals surface area (Å²) >= 11 is 3.58. The smallest absolute Gasteiger partial charge is 0.0343 e. The van der Waals surface area contributed by atoms with E-state index in [1.165, 1.54) is 29.7 Å². The highest BCUT2D eigenvalue weighted by Gasteiger charge is 2.17. The predicted molar refractivity (Wildman–Crippen MR) is 89.1 cm³/mol. The molecular formula is C16H26BrN3.